The number of phosphoric acid groups is 2. The Morgan fingerprint density at radius 1 is 0.347 bits per heavy atom. The minimum absolute atomic E-state index is 0.0837. The van der Waals surface area contributed by atoms with Crippen molar-refractivity contribution in [1.82, 2.24) is 0 Å². The van der Waals surface area contributed by atoms with Crippen LogP contribution in [0.25, 0.3) is 0 Å². The Morgan fingerprint density at radius 2 is 0.621 bits per heavy atom. The zero-order chi connectivity index (χ0) is 70.1. The number of rotatable bonds is 72. The van der Waals surface area contributed by atoms with E-state index in [1.165, 1.54) is 154 Å². The van der Waals surface area contributed by atoms with Crippen molar-refractivity contribution in [2.24, 2.45) is 17.8 Å². The van der Waals surface area contributed by atoms with Gasteiger partial charge in [-0.15, -0.1) is 0 Å². The molecule has 0 fully saturated rings. The van der Waals surface area contributed by atoms with Gasteiger partial charge >= 0.3 is 39.5 Å². The zero-order valence-electron chi connectivity index (χ0n) is 61.6. The summed E-state index contributed by atoms with van der Waals surface area (Å²) >= 11 is 0. The fraction of sp³-hybridized carbons (Fsp3) is 0.895. The second kappa shape index (κ2) is 66.1. The highest BCUT2D eigenvalue weighted by Crippen LogP contribution is 2.45. The second-order valence-electron chi connectivity index (χ2n) is 27.9. The standard InChI is InChI=1S/C76H144O17P2/c1-8-10-11-12-13-14-15-16-17-22-25-31-36-45-52-59-75(80)93-72(64-87-74(79)58-51-44-39-38-41-48-55-68(5)6)66-91-95(84,85)89-62-70(77)61-88-94(82,83)90-65-71(92-76(81)60-53-46-37-32-27-26-28-33-40-47-54-67(3)4)63-86-73(78)57-50-43-35-30-24-21-19-18-20-23-29-34-42-49-56-69(7)9-2/h14-17,67-72,77H,8-13,18-66H2,1-7H3,(H,82,83)(H,84,85)/b15-14-,17-16-/t69?,70-,71-,72-/m1/s1. The van der Waals surface area contributed by atoms with Crippen LogP contribution in [-0.4, -0.2) is 96.7 Å². The molecule has 3 unspecified atom stereocenters. The van der Waals surface area contributed by atoms with Crippen molar-refractivity contribution in [1.29, 1.82) is 0 Å². The van der Waals surface area contributed by atoms with Crippen molar-refractivity contribution in [3.05, 3.63) is 24.3 Å². The van der Waals surface area contributed by atoms with E-state index in [1.807, 2.05) is 0 Å². The van der Waals surface area contributed by atoms with Gasteiger partial charge in [-0.3, -0.25) is 37.3 Å². The molecule has 0 saturated heterocycles. The van der Waals surface area contributed by atoms with Crippen LogP contribution in [-0.2, 0) is 65.4 Å². The lowest BCUT2D eigenvalue weighted by molar-refractivity contribution is -0.161. The fourth-order valence-corrected chi connectivity index (χ4v) is 12.6. The number of esters is 4. The molecule has 0 aromatic heterocycles. The molecule has 0 aliphatic rings. The topological polar surface area (TPSA) is 237 Å². The summed E-state index contributed by atoms with van der Waals surface area (Å²) in [5, 5.41) is 10.6. The van der Waals surface area contributed by atoms with Crippen molar-refractivity contribution >= 4 is 39.5 Å². The fourth-order valence-electron chi connectivity index (χ4n) is 11.0. The lowest BCUT2D eigenvalue weighted by atomic mass is 9.99. The van der Waals surface area contributed by atoms with Gasteiger partial charge in [0.25, 0.3) is 0 Å². The molecule has 0 aliphatic carbocycles. The summed E-state index contributed by atoms with van der Waals surface area (Å²) in [7, 11) is -9.92. The van der Waals surface area contributed by atoms with Crippen LogP contribution < -0.4 is 0 Å². The Kier molecular flexibility index (Phi) is 64.4. The first-order valence-corrected chi connectivity index (χ1v) is 41.7. The van der Waals surface area contributed by atoms with Crippen molar-refractivity contribution in [2.45, 2.75) is 381 Å². The van der Waals surface area contributed by atoms with Crippen LogP contribution in [0.15, 0.2) is 24.3 Å². The normalized spacial score (nSPS) is 14.5. The lowest BCUT2D eigenvalue weighted by Gasteiger charge is -2.21. The highest BCUT2D eigenvalue weighted by Gasteiger charge is 2.30. The number of carbonyl (C=O) groups is 4. The quantitative estimate of drug-likeness (QED) is 0.0169. The third kappa shape index (κ3) is 68.5. The molecule has 0 heterocycles. The van der Waals surface area contributed by atoms with Gasteiger partial charge in [0.15, 0.2) is 12.2 Å². The summed E-state index contributed by atoms with van der Waals surface area (Å²) in [5.41, 5.74) is 0. The molecule has 560 valence electrons. The van der Waals surface area contributed by atoms with Crippen LogP contribution in [0.4, 0.5) is 0 Å². The monoisotopic (exact) mass is 1390 g/mol. The summed E-state index contributed by atoms with van der Waals surface area (Å²) in [6.45, 7) is 11.8. The molecule has 0 radical (unpaired) electrons. The molecule has 0 bridgehead atoms. The Labute approximate surface area is 580 Å². The van der Waals surface area contributed by atoms with Crippen molar-refractivity contribution in [3.8, 4) is 0 Å². The Balaban J connectivity index is 5.25. The number of allylic oxidation sites excluding steroid dienone is 4. The molecule has 0 saturated carbocycles. The third-order valence-corrected chi connectivity index (χ3v) is 19.3. The number of hydrogen-bond acceptors (Lipinski definition) is 15. The van der Waals surface area contributed by atoms with Crippen LogP contribution >= 0.6 is 15.6 Å². The van der Waals surface area contributed by atoms with E-state index in [0.29, 0.717) is 31.6 Å². The van der Waals surface area contributed by atoms with Gasteiger partial charge in [-0.2, -0.15) is 0 Å². The van der Waals surface area contributed by atoms with Crippen molar-refractivity contribution in [3.63, 3.8) is 0 Å². The minimum atomic E-state index is -4.96. The number of aliphatic hydroxyl groups is 1. The van der Waals surface area contributed by atoms with Gasteiger partial charge in [0.1, 0.15) is 19.3 Å². The van der Waals surface area contributed by atoms with Crippen LogP contribution in [0.3, 0.4) is 0 Å². The van der Waals surface area contributed by atoms with E-state index < -0.39 is 97.5 Å². The molecule has 0 aliphatic heterocycles. The molecule has 19 heteroatoms. The average Bonchev–Trinajstić information content (AvgIpc) is 1.55. The summed E-state index contributed by atoms with van der Waals surface area (Å²) < 4.78 is 68.4. The Morgan fingerprint density at radius 3 is 0.937 bits per heavy atom. The van der Waals surface area contributed by atoms with Gasteiger partial charge in [0.05, 0.1) is 26.4 Å². The number of hydrogen-bond donors (Lipinski definition) is 3. The number of phosphoric ester groups is 2. The van der Waals surface area contributed by atoms with E-state index in [0.717, 1.165) is 121 Å². The minimum Gasteiger partial charge on any atom is -0.462 e. The van der Waals surface area contributed by atoms with E-state index >= 15 is 0 Å². The smallest absolute Gasteiger partial charge is 0.462 e. The molecule has 17 nitrogen and oxygen atoms in total. The highest BCUT2D eigenvalue weighted by atomic mass is 31.2. The highest BCUT2D eigenvalue weighted by molar-refractivity contribution is 7.47. The maximum absolute atomic E-state index is 13.1. The van der Waals surface area contributed by atoms with Gasteiger partial charge in [-0.25, -0.2) is 9.13 Å². The molecule has 0 amide bonds. The van der Waals surface area contributed by atoms with Crippen molar-refractivity contribution in [2.75, 3.05) is 39.6 Å². The molecule has 0 aromatic rings. The largest absolute Gasteiger partial charge is 0.472 e. The lowest BCUT2D eigenvalue weighted by Crippen LogP contribution is -2.30. The summed E-state index contributed by atoms with van der Waals surface area (Å²) in [4.78, 5) is 72.7. The van der Waals surface area contributed by atoms with E-state index in [2.05, 4.69) is 72.8 Å². The van der Waals surface area contributed by atoms with Crippen LogP contribution in [0.1, 0.15) is 363 Å². The molecule has 6 atom stereocenters. The first-order chi connectivity index (χ1) is 45.8. The number of unbranched alkanes of at least 4 members (excludes halogenated alkanes) is 36. The van der Waals surface area contributed by atoms with E-state index in [4.69, 9.17) is 37.0 Å². The van der Waals surface area contributed by atoms with E-state index in [9.17, 15) is 43.2 Å². The van der Waals surface area contributed by atoms with Gasteiger partial charge in [-0.1, -0.05) is 310 Å². The molecule has 0 rings (SSSR count). The van der Waals surface area contributed by atoms with E-state index in [1.54, 1.807) is 0 Å². The molecule has 3 N–H and O–H groups in total. The first-order valence-electron chi connectivity index (χ1n) is 38.7. The maximum Gasteiger partial charge on any atom is 0.472 e. The average molecular weight is 1390 g/mol. The summed E-state index contributed by atoms with van der Waals surface area (Å²) in [6, 6.07) is 0. The number of carbonyl (C=O) groups excluding carboxylic acids is 4. The predicted octanol–water partition coefficient (Wildman–Crippen LogP) is 21.7. The molecule has 0 aromatic carbocycles. The van der Waals surface area contributed by atoms with E-state index in [-0.39, 0.29) is 25.7 Å². The maximum atomic E-state index is 13.1. The van der Waals surface area contributed by atoms with Crippen LogP contribution in [0.2, 0.25) is 0 Å². The van der Waals surface area contributed by atoms with Gasteiger partial charge in [0.2, 0.25) is 0 Å². The third-order valence-electron chi connectivity index (χ3n) is 17.4. The van der Waals surface area contributed by atoms with Crippen molar-refractivity contribution < 1.29 is 80.2 Å². The zero-order valence-corrected chi connectivity index (χ0v) is 63.4. The predicted molar refractivity (Wildman–Crippen MR) is 386 cm³/mol. The van der Waals surface area contributed by atoms with Gasteiger partial charge in [-0.05, 0) is 69.1 Å². The molecular weight excluding hydrogens is 1250 g/mol. The van der Waals surface area contributed by atoms with Crippen LogP contribution in [0, 0.1) is 17.8 Å². The number of ether oxygens (including phenoxy) is 4. The van der Waals surface area contributed by atoms with Crippen LogP contribution in [0.5, 0.6) is 0 Å². The molecule has 95 heavy (non-hydrogen) atoms. The SMILES string of the molecule is CCCCCC/C=C\C=C/CCCCCCCC(=O)O[C@H](COC(=O)CCCCCCCCC(C)C)COP(=O)(O)OC[C@H](O)COP(=O)(O)OC[C@@H](COC(=O)CCCCCCCCCCCCCCCCC(C)CC)OC(=O)CCCCCCCCCCCCC(C)C. The van der Waals surface area contributed by atoms with Gasteiger partial charge in [0, 0.05) is 25.7 Å². The first kappa shape index (κ1) is 92.5. The Hall–Kier alpha value is -2.46. The Bertz CT molecular complexity index is 1950. The molecule has 0 spiro atoms. The summed E-state index contributed by atoms with van der Waals surface area (Å²) in [5.74, 6) is 0.124. The summed E-state index contributed by atoms with van der Waals surface area (Å²) in [6.07, 6.45) is 55.0. The van der Waals surface area contributed by atoms with Gasteiger partial charge < -0.3 is 33.8 Å². The molecular formula is C76H144O17P2. The number of aliphatic hydroxyl groups excluding tert-OH is 1. The second-order valence-corrected chi connectivity index (χ2v) is 30.8.